The molecule has 1 heterocycles. The lowest BCUT2D eigenvalue weighted by atomic mass is 9.94. The summed E-state index contributed by atoms with van der Waals surface area (Å²) >= 11 is 0. The van der Waals surface area contributed by atoms with Crippen molar-refractivity contribution in [3.05, 3.63) is 70.8 Å². The monoisotopic (exact) mass is 326 g/mol. The van der Waals surface area contributed by atoms with Gasteiger partial charge < -0.3 is 10.3 Å². The number of hydrogen-bond donors (Lipinski definition) is 2. The Bertz CT molecular complexity index is 612. The third-order valence-electron chi connectivity index (χ3n) is 4.84. The van der Waals surface area contributed by atoms with Gasteiger partial charge in [0.15, 0.2) is 0 Å². The number of benzene rings is 2. The van der Waals surface area contributed by atoms with Crippen LogP contribution >= 0.6 is 0 Å². The van der Waals surface area contributed by atoms with E-state index < -0.39 is 6.23 Å². The van der Waals surface area contributed by atoms with E-state index in [2.05, 4.69) is 67.3 Å². The van der Waals surface area contributed by atoms with Crippen LogP contribution in [-0.2, 0) is 0 Å². The van der Waals surface area contributed by atoms with Crippen molar-refractivity contribution in [1.82, 2.24) is 9.96 Å². The zero-order chi connectivity index (χ0) is 17.3. The van der Waals surface area contributed by atoms with Gasteiger partial charge in [-0.15, -0.1) is 0 Å². The van der Waals surface area contributed by atoms with Crippen LogP contribution in [0.2, 0.25) is 0 Å². The Morgan fingerprint density at radius 1 is 0.833 bits per heavy atom. The first-order valence-electron chi connectivity index (χ1n) is 8.48. The van der Waals surface area contributed by atoms with E-state index in [4.69, 9.17) is 0 Å². The fraction of sp³-hybridized carbons (Fsp3) is 0.400. The lowest BCUT2D eigenvalue weighted by Crippen LogP contribution is -2.52. The highest BCUT2D eigenvalue weighted by Crippen LogP contribution is 2.37. The maximum Gasteiger partial charge on any atom is 0.105 e. The van der Waals surface area contributed by atoms with Crippen molar-refractivity contribution in [2.45, 2.75) is 39.1 Å². The Kier molecular flexibility index (Phi) is 5.01. The first-order valence-corrected chi connectivity index (χ1v) is 8.48. The number of rotatable bonds is 3. The minimum absolute atomic E-state index is 0.0596. The second-order valence-electron chi connectivity index (χ2n) is 6.80. The van der Waals surface area contributed by atoms with Crippen molar-refractivity contribution in [2.75, 3.05) is 13.1 Å². The molecule has 128 valence electrons. The van der Waals surface area contributed by atoms with Gasteiger partial charge in [0.2, 0.25) is 0 Å². The molecule has 24 heavy (non-hydrogen) atoms. The molecule has 1 saturated heterocycles. The van der Waals surface area contributed by atoms with E-state index in [-0.39, 0.29) is 12.1 Å². The summed E-state index contributed by atoms with van der Waals surface area (Å²) in [7, 11) is 0. The van der Waals surface area contributed by atoms with E-state index in [1.54, 1.807) is 6.92 Å². The molecule has 4 nitrogen and oxygen atoms in total. The van der Waals surface area contributed by atoms with Crippen LogP contribution < -0.4 is 0 Å². The smallest absolute Gasteiger partial charge is 0.105 e. The summed E-state index contributed by atoms with van der Waals surface area (Å²) in [6, 6.07) is 16.5. The first kappa shape index (κ1) is 17.1. The van der Waals surface area contributed by atoms with Crippen molar-refractivity contribution in [1.29, 1.82) is 0 Å². The van der Waals surface area contributed by atoms with Crippen LogP contribution in [0.25, 0.3) is 0 Å². The maximum atomic E-state index is 10.5. The normalized spacial score (nSPS) is 24.0. The average molecular weight is 326 g/mol. The molecule has 0 spiro atoms. The summed E-state index contributed by atoms with van der Waals surface area (Å²) < 4.78 is 0. The molecule has 0 radical (unpaired) electrons. The molecular weight excluding hydrogens is 300 g/mol. The Labute approximate surface area is 143 Å². The van der Waals surface area contributed by atoms with E-state index in [0.717, 1.165) is 11.1 Å². The summed E-state index contributed by atoms with van der Waals surface area (Å²) in [5.74, 6) is 0. The Hall–Kier alpha value is -1.72. The molecule has 2 N–H and O–H groups in total. The second-order valence-corrected chi connectivity index (χ2v) is 6.80. The van der Waals surface area contributed by atoms with Gasteiger partial charge in [-0.25, -0.2) is 0 Å². The van der Waals surface area contributed by atoms with Crippen molar-refractivity contribution < 1.29 is 10.3 Å². The van der Waals surface area contributed by atoms with E-state index in [1.807, 2.05) is 0 Å². The number of aliphatic hydroxyl groups is 1. The fourth-order valence-corrected chi connectivity index (χ4v) is 3.53. The zero-order valence-electron chi connectivity index (χ0n) is 14.6. The predicted octanol–water partition coefficient (Wildman–Crippen LogP) is 3.43. The average Bonchev–Trinajstić information content (AvgIpc) is 2.55. The molecule has 3 atom stereocenters. The van der Waals surface area contributed by atoms with Crippen molar-refractivity contribution in [3.63, 3.8) is 0 Å². The summed E-state index contributed by atoms with van der Waals surface area (Å²) in [4.78, 5) is 2.10. The highest BCUT2D eigenvalue weighted by atomic mass is 16.5. The Balaban J connectivity index is 1.98. The molecule has 1 aliphatic rings. The molecule has 0 aliphatic carbocycles. The van der Waals surface area contributed by atoms with Crippen LogP contribution in [0.1, 0.15) is 41.3 Å². The van der Waals surface area contributed by atoms with Gasteiger partial charge in [0.25, 0.3) is 0 Å². The number of aliphatic hydroxyl groups excluding tert-OH is 1. The van der Waals surface area contributed by atoms with Gasteiger partial charge in [-0.05, 0) is 31.9 Å². The molecule has 3 unspecified atom stereocenters. The van der Waals surface area contributed by atoms with Crippen LogP contribution in [-0.4, -0.2) is 39.6 Å². The molecule has 1 fully saturated rings. The quantitative estimate of drug-likeness (QED) is 0.907. The van der Waals surface area contributed by atoms with Gasteiger partial charge in [0, 0.05) is 13.1 Å². The zero-order valence-corrected chi connectivity index (χ0v) is 14.6. The molecule has 0 aromatic heterocycles. The summed E-state index contributed by atoms with van der Waals surface area (Å²) in [6.45, 7) is 6.89. The van der Waals surface area contributed by atoms with Gasteiger partial charge >= 0.3 is 0 Å². The molecule has 3 rings (SSSR count). The lowest BCUT2D eigenvalue weighted by molar-refractivity contribution is -0.182. The SMILES string of the molecule is Cc1ccc(C2CN(O)CC(c3ccc(C)cc3)N2C(C)O)cc1. The van der Waals surface area contributed by atoms with Gasteiger partial charge in [0.05, 0.1) is 12.1 Å². The van der Waals surface area contributed by atoms with E-state index in [0.29, 0.717) is 13.1 Å². The Morgan fingerprint density at radius 3 is 1.54 bits per heavy atom. The fourth-order valence-electron chi connectivity index (χ4n) is 3.53. The van der Waals surface area contributed by atoms with E-state index in [9.17, 15) is 10.3 Å². The standard InChI is InChI=1S/C20H26N2O2/c1-14-4-8-17(9-5-14)19-12-21(24)13-20(22(19)16(3)23)18-10-6-15(2)7-11-18/h4-11,16,19-20,23-24H,12-13H2,1-3H3. The van der Waals surface area contributed by atoms with Gasteiger partial charge in [-0.1, -0.05) is 59.7 Å². The summed E-state index contributed by atoms with van der Waals surface area (Å²) in [6.07, 6.45) is -0.601. The Morgan fingerprint density at radius 2 is 1.21 bits per heavy atom. The number of nitrogens with zero attached hydrogens (tertiary/aromatic N) is 2. The van der Waals surface area contributed by atoms with Crippen molar-refractivity contribution in [3.8, 4) is 0 Å². The minimum atomic E-state index is -0.601. The van der Waals surface area contributed by atoms with Crippen LogP contribution in [0.3, 0.4) is 0 Å². The van der Waals surface area contributed by atoms with Crippen LogP contribution in [0.5, 0.6) is 0 Å². The van der Waals surface area contributed by atoms with E-state index >= 15 is 0 Å². The van der Waals surface area contributed by atoms with Crippen molar-refractivity contribution >= 4 is 0 Å². The number of hydrogen-bond acceptors (Lipinski definition) is 4. The van der Waals surface area contributed by atoms with Crippen LogP contribution in [0, 0.1) is 13.8 Å². The van der Waals surface area contributed by atoms with Gasteiger partial charge in [-0.2, -0.15) is 5.06 Å². The molecule has 0 saturated carbocycles. The summed E-state index contributed by atoms with van der Waals surface area (Å²) in [5.41, 5.74) is 4.62. The topological polar surface area (TPSA) is 46.9 Å². The third-order valence-corrected chi connectivity index (χ3v) is 4.84. The highest BCUT2D eigenvalue weighted by Gasteiger charge is 2.38. The van der Waals surface area contributed by atoms with E-state index in [1.165, 1.54) is 16.2 Å². The minimum Gasteiger partial charge on any atom is -0.379 e. The van der Waals surface area contributed by atoms with Gasteiger partial charge in [0.1, 0.15) is 6.23 Å². The second kappa shape index (κ2) is 7.03. The summed E-state index contributed by atoms with van der Waals surface area (Å²) in [5, 5.41) is 22.1. The number of piperazine rings is 1. The number of hydroxylamine groups is 2. The molecule has 2 aromatic carbocycles. The van der Waals surface area contributed by atoms with Crippen LogP contribution in [0.15, 0.2) is 48.5 Å². The van der Waals surface area contributed by atoms with Gasteiger partial charge in [-0.3, -0.25) is 4.90 Å². The predicted molar refractivity (Wildman–Crippen MR) is 94.7 cm³/mol. The third kappa shape index (κ3) is 3.52. The first-order chi connectivity index (χ1) is 11.5. The van der Waals surface area contributed by atoms with Crippen molar-refractivity contribution in [2.24, 2.45) is 0 Å². The maximum absolute atomic E-state index is 10.5. The molecular formula is C20H26N2O2. The molecule has 1 aliphatic heterocycles. The molecule has 4 heteroatoms. The highest BCUT2D eigenvalue weighted by molar-refractivity contribution is 5.29. The van der Waals surface area contributed by atoms with Crippen LogP contribution in [0.4, 0.5) is 0 Å². The molecule has 0 amide bonds. The molecule has 0 bridgehead atoms. The number of aryl methyl sites for hydroxylation is 2. The lowest BCUT2D eigenvalue weighted by Gasteiger charge is -2.46. The molecule has 2 aromatic rings. The largest absolute Gasteiger partial charge is 0.379 e.